The zero-order valence-corrected chi connectivity index (χ0v) is 9.13. The van der Waals surface area contributed by atoms with Gasteiger partial charge in [-0.05, 0) is 27.7 Å². The van der Waals surface area contributed by atoms with Crippen LogP contribution in [0.3, 0.4) is 0 Å². The van der Waals surface area contributed by atoms with Crippen molar-refractivity contribution >= 4 is 11.8 Å². The topological polar surface area (TPSA) is 84.2 Å². The maximum absolute atomic E-state index is 11.3. The van der Waals surface area contributed by atoms with E-state index in [1.165, 1.54) is 0 Å². The molecule has 0 saturated carbocycles. The molecule has 0 aromatic carbocycles. The van der Waals surface area contributed by atoms with Crippen molar-refractivity contribution in [1.29, 1.82) is 0 Å². The van der Waals surface area contributed by atoms with Gasteiger partial charge in [0.2, 0.25) is 11.8 Å². The Morgan fingerprint density at radius 2 is 1.50 bits per heavy atom. The fourth-order valence-corrected chi connectivity index (χ4v) is 0.820. The van der Waals surface area contributed by atoms with Crippen molar-refractivity contribution < 1.29 is 9.59 Å². The third-order valence-corrected chi connectivity index (χ3v) is 1.60. The molecule has 0 aliphatic carbocycles. The summed E-state index contributed by atoms with van der Waals surface area (Å²) in [5.74, 6) is -0.523. The predicted molar refractivity (Wildman–Crippen MR) is 54.5 cm³/mol. The van der Waals surface area contributed by atoms with Gasteiger partial charge in [-0.1, -0.05) is 0 Å². The molecule has 5 heteroatoms. The molecule has 4 N–H and O–H groups in total. The zero-order valence-electron chi connectivity index (χ0n) is 9.13. The summed E-state index contributed by atoms with van der Waals surface area (Å²) >= 11 is 0. The number of nitrogens with two attached hydrogens (primary N) is 1. The highest BCUT2D eigenvalue weighted by Crippen LogP contribution is 1.86. The molecule has 0 aromatic heterocycles. The lowest BCUT2D eigenvalue weighted by molar-refractivity contribution is -0.129. The molecule has 1 unspecified atom stereocenters. The van der Waals surface area contributed by atoms with Gasteiger partial charge in [0.25, 0.3) is 0 Å². The quantitative estimate of drug-likeness (QED) is 0.566. The predicted octanol–water partition coefficient (Wildman–Crippen LogP) is -0.637. The van der Waals surface area contributed by atoms with Crippen LogP contribution in [-0.2, 0) is 9.59 Å². The van der Waals surface area contributed by atoms with E-state index < -0.39 is 12.1 Å². The summed E-state index contributed by atoms with van der Waals surface area (Å²) in [4.78, 5) is 22.5. The molecule has 0 radical (unpaired) electrons. The van der Waals surface area contributed by atoms with Crippen molar-refractivity contribution in [1.82, 2.24) is 10.6 Å². The molecule has 5 nitrogen and oxygen atoms in total. The Labute approximate surface area is 84.4 Å². The normalized spacial score (nSPS) is 14.7. The van der Waals surface area contributed by atoms with E-state index in [-0.39, 0.29) is 17.9 Å². The van der Waals surface area contributed by atoms with Gasteiger partial charge < -0.3 is 16.4 Å². The second-order valence-electron chi connectivity index (χ2n) is 3.68. The van der Waals surface area contributed by atoms with Gasteiger partial charge in [0, 0.05) is 6.04 Å². The molecule has 0 fully saturated rings. The van der Waals surface area contributed by atoms with Crippen LogP contribution in [0.1, 0.15) is 27.7 Å². The second kappa shape index (κ2) is 5.59. The van der Waals surface area contributed by atoms with Crippen LogP contribution in [0.5, 0.6) is 0 Å². The third kappa shape index (κ3) is 4.81. The first-order valence-corrected chi connectivity index (χ1v) is 4.71. The van der Waals surface area contributed by atoms with E-state index in [9.17, 15) is 9.59 Å². The molecule has 2 amide bonds. The minimum absolute atomic E-state index is 0.0668. The Kier molecular flexibility index (Phi) is 5.15. The number of hydrogen-bond acceptors (Lipinski definition) is 3. The summed E-state index contributed by atoms with van der Waals surface area (Å²) in [7, 11) is 0. The van der Waals surface area contributed by atoms with E-state index in [2.05, 4.69) is 10.6 Å². The molecule has 82 valence electrons. The summed E-state index contributed by atoms with van der Waals surface area (Å²) in [5, 5.41) is 5.20. The molecule has 0 spiro atoms. The highest BCUT2D eigenvalue weighted by molar-refractivity contribution is 5.89. The Hall–Kier alpha value is -1.10. The maximum Gasteiger partial charge on any atom is 0.242 e. The Bertz CT molecular complexity index is 214. The molecule has 2 atom stereocenters. The molecular formula is C9H19N3O2. The van der Waals surface area contributed by atoms with Crippen LogP contribution in [0, 0.1) is 0 Å². The number of rotatable bonds is 4. The van der Waals surface area contributed by atoms with Crippen LogP contribution < -0.4 is 16.4 Å². The molecule has 0 rings (SSSR count). The minimum Gasteiger partial charge on any atom is -0.352 e. The molecule has 0 saturated heterocycles. The van der Waals surface area contributed by atoms with Crippen LogP contribution in [0.4, 0.5) is 0 Å². The first-order valence-electron chi connectivity index (χ1n) is 4.71. The molecule has 0 aliphatic heterocycles. The van der Waals surface area contributed by atoms with Gasteiger partial charge in [-0.15, -0.1) is 0 Å². The average Bonchev–Trinajstić information content (AvgIpc) is 2.02. The van der Waals surface area contributed by atoms with Crippen molar-refractivity contribution in [2.75, 3.05) is 0 Å². The van der Waals surface area contributed by atoms with Gasteiger partial charge in [-0.2, -0.15) is 0 Å². The van der Waals surface area contributed by atoms with E-state index in [4.69, 9.17) is 5.73 Å². The monoisotopic (exact) mass is 201 g/mol. The lowest BCUT2D eigenvalue weighted by Gasteiger charge is -2.16. The van der Waals surface area contributed by atoms with E-state index in [1.807, 2.05) is 13.8 Å². The van der Waals surface area contributed by atoms with Crippen LogP contribution in [0.2, 0.25) is 0 Å². The first kappa shape index (κ1) is 12.9. The van der Waals surface area contributed by atoms with Gasteiger partial charge in [0.1, 0.15) is 6.04 Å². The van der Waals surface area contributed by atoms with Crippen LogP contribution in [0.15, 0.2) is 0 Å². The summed E-state index contributed by atoms with van der Waals surface area (Å²) in [5.41, 5.74) is 5.34. The smallest absolute Gasteiger partial charge is 0.242 e. The van der Waals surface area contributed by atoms with Gasteiger partial charge in [0.15, 0.2) is 0 Å². The Morgan fingerprint density at radius 1 is 1.00 bits per heavy atom. The number of carbonyl (C=O) groups is 2. The number of nitrogens with one attached hydrogen (secondary N) is 2. The lowest BCUT2D eigenvalue weighted by atomic mass is 10.2. The minimum atomic E-state index is -0.593. The van der Waals surface area contributed by atoms with Crippen molar-refractivity contribution in [3.63, 3.8) is 0 Å². The number of amides is 2. The summed E-state index contributed by atoms with van der Waals surface area (Å²) < 4.78 is 0. The fourth-order valence-electron chi connectivity index (χ4n) is 0.820. The van der Waals surface area contributed by atoms with Gasteiger partial charge >= 0.3 is 0 Å². The molecule has 0 aliphatic rings. The van der Waals surface area contributed by atoms with Crippen molar-refractivity contribution in [2.45, 2.75) is 45.8 Å². The zero-order chi connectivity index (χ0) is 11.3. The third-order valence-electron chi connectivity index (χ3n) is 1.60. The van der Waals surface area contributed by atoms with Crippen LogP contribution in [0.25, 0.3) is 0 Å². The SMILES string of the molecule is CC(C)NC(=O)C(C)NC(=O)[C@H](C)N. The van der Waals surface area contributed by atoms with E-state index in [1.54, 1.807) is 13.8 Å². The summed E-state index contributed by atoms with van der Waals surface area (Å²) in [6.45, 7) is 6.91. The molecule has 0 aromatic rings. The fraction of sp³-hybridized carbons (Fsp3) is 0.778. The van der Waals surface area contributed by atoms with Crippen molar-refractivity contribution in [3.05, 3.63) is 0 Å². The van der Waals surface area contributed by atoms with E-state index >= 15 is 0 Å². The van der Waals surface area contributed by atoms with Crippen molar-refractivity contribution in [2.24, 2.45) is 5.73 Å². The Balaban J connectivity index is 4.01. The first-order chi connectivity index (χ1) is 6.34. The standard InChI is InChI=1S/C9H19N3O2/c1-5(2)11-9(14)7(4)12-8(13)6(3)10/h5-7H,10H2,1-4H3,(H,11,14)(H,12,13)/t6-,7?/m0/s1. The van der Waals surface area contributed by atoms with Crippen molar-refractivity contribution in [3.8, 4) is 0 Å². The van der Waals surface area contributed by atoms with E-state index in [0.29, 0.717) is 0 Å². The van der Waals surface area contributed by atoms with Crippen LogP contribution in [-0.4, -0.2) is 29.9 Å². The second-order valence-corrected chi connectivity index (χ2v) is 3.68. The Morgan fingerprint density at radius 3 is 1.86 bits per heavy atom. The highest BCUT2D eigenvalue weighted by Gasteiger charge is 2.17. The molecular weight excluding hydrogens is 182 g/mol. The van der Waals surface area contributed by atoms with E-state index in [0.717, 1.165) is 0 Å². The number of hydrogen-bond donors (Lipinski definition) is 3. The highest BCUT2D eigenvalue weighted by atomic mass is 16.2. The van der Waals surface area contributed by atoms with Gasteiger partial charge in [-0.25, -0.2) is 0 Å². The lowest BCUT2D eigenvalue weighted by Crippen LogP contribution is -2.50. The van der Waals surface area contributed by atoms with Gasteiger partial charge in [-0.3, -0.25) is 9.59 Å². The molecule has 14 heavy (non-hydrogen) atoms. The molecule has 0 bridgehead atoms. The average molecular weight is 201 g/mol. The molecule has 0 heterocycles. The maximum atomic E-state index is 11.3. The van der Waals surface area contributed by atoms with Gasteiger partial charge in [0.05, 0.1) is 6.04 Å². The summed E-state index contributed by atoms with van der Waals surface area (Å²) in [6.07, 6.45) is 0. The van der Waals surface area contributed by atoms with Crippen LogP contribution >= 0.6 is 0 Å². The largest absolute Gasteiger partial charge is 0.352 e. The summed E-state index contributed by atoms with van der Waals surface area (Å²) in [6, 6.07) is -1.07. The number of carbonyl (C=O) groups excluding carboxylic acids is 2.